The number of hydrogen-bond donors (Lipinski definition) is 2. The maximum absolute atomic E-state index is 13.5. The average Bonchev–Trinajstić information content (AvgIpc) is 2.76. The first kappa shape index (κ1) is 16.4. The summed E-state index contributed by atoms with van der Waals surface area (Å²) >= 11 is 7.32. The summed E-state index contributed by atoms with van der Waals surface area (Å²) in [6, 6.07) is 6.30. The topological polar surface area (TPSA) is 58.2 Å². The summed E-state index contributed by atoms with van der Waals surface area (Å²) in [7, 11) is 0. The van der Waals surface area contributed by atoms with Gasteiger partial charge in [-0.15, -0.1) is 0 Å². The van der Waals surface area contributed by atoms with Crippen molar-refractivity contribution < 1.29 is 18.4 Å². The number of hydrogen-bond acceptors (Lipinski definition) is 2. The fraction of sp³-hybridized carbons (Fsp3) is 0.385. The van der Waals surface area contributed by atoms with Gasteiger partial charge in [0.2, 0.25) is 17.7 Å². The van der Waals surface area contributed by atoms with Crippen LogP contribution in [0, 0.1) is 11.8 Å². The molecule has 4 nitrogen and oxygen atoms in total. The van der Waals surface area contributed by atoms with Gasteiger partial charge in [0.15, 0.2) is 0 Å². The molecule has 1 fully saturated rings. The molecule has 0 saturated heterocycles. The van der Waals surface area contributed by atoms with Gasteiger partial charge in [0.1, 0.15) is 0 Å². The van der Waals surface area contributed by atoms with Crippen LogP contribution in [0.2, 0.25) is 5.02 Å². The van der Waals surface area contributed by atoms with Crippen molar-refractivity contribution in [2.75, 3.05) is 5.32 Å². The van der Waals surface area contributed by atoms with E-state index in [1.54, 1.807) is 47.1 Å². The Hall–Kier alpha value is -0.960. The fourth-order valence-electron chi connectivity index (χ4n) is 2.40. The zero-order valence-corrected chi connectivity index (χ0v) is 13.6. The van der Waals surface area contributed by atoms with E-state index in [-0.39, 0.29) is 0 Å². The molecule has 2 rings (SSSR count). The summed E-state index contributed by atoms with van der Waals surface area (Å²) in [5.41, 5.74) is 0.452. The highest BCUT2D eigenvalue weighted by Crippen LogP contribution is 2.43. The summed E-state index contributed by atoms with van der Waals surface area (Å²) in [6.45, 7) is 0. The summed E-state index contributed by atoms with van der Waals surface area (Å²) in [5, 5.41) is 3.05. The van der Waals surface area contributed by atoms with E-state index in [9.17, 15) is 18.4 Å². The zero-order valence-electron chi connectivity index (χ0n) is 10.7. The number of nitrogens with one attached hydrogen (secondary N) is 2. The number of rotatable bonds is 3. The Morgan fingerprint density at radius 3 is 2.19 bits per heavy atom. The van der Waals surface area contributed by atoms with E-state index in [2.05, 4.69) is 8.85 Å². The molecule has 8 heteroatoms. The third-order valence-electron chi connectivity index (χ3n) is 3.40. The molecule has 2 atom stereocenters. The maximum atomic E-state index is 13.5. The first-order valence-electron chi connectivity index (χ1n) is 6.17. The van der Waals surface area contributed by atoms with Crippen LogP contribution < -0.4 is 8.85 Å². The summed E-state index contributed by atoms with van der Waals surface area (Å²) in [5.74, 6) is -6.21. The Labute approximate surface area is 139 Å². The summed E-state index contributed by atoms with van der Waals surface area (Å²) < 4.78 is 29.3. The smallest absolute Gasteiger partial charge is 0.249 e. The third-order valence-corrected chi connectivity index (χ3v) is 4.18. The molecule has 114 valence electrons. The lowest BCUT2D eigenvalue weighted by molar-refractivity contribution is -0.129. The van der Waals surface area contributed by atoms with Gasteiger partial charge >= 0.3 is 0 Å². The largest absolute Gasteiger partial charge is 0.326 e. The highest BCUT2D eigenvalue weighted by molar-refractivity contribution is 14.1. The first-order valence-corrected chi connectivity index (χ1v) is 7.63. The first-order chi connectivity index (χ1) is 9.82. The van der Waals surface area contributed by atoms with Crippen molar-refractivity contribution in [3.8, 4) is 0 Å². The van der Waals surface area contributed by atoms with Crippen molar-refractivity contribution in [2.24, 2.45) is 11.8 Å². The van der Waals surface area contributed by atoms with E-state index < -0.39 is 42.4 Å². The number of carbonyl (C=O) groups excluding carboxylic acids is 2. The molecular formula is C13H12ClF2IN2O2. The molecule has 1 aliphatic carbocycles. The van der Waals surface area contributed by atoms with Crippen LogP contribution in [0.1, 0.15) is 12.8 Å². The standard InChI is InChI=1S/C13H12ClF2IN2O2/c14-7-1-3-8(4-2-7)18-11(20)9-5-13(15,16)6-10(9)12(21)19-17/h1-4,9-10H,5-6H2,(H,18,20)(H,19,21)/t9-,10-/m0/s1. The van der Waals surface area contributed by atoms with Crippen LogP contribution in [0.3, 0.4) is 0 Å². The van der Waals surface area contributed by atoms with Gasteiger partial charge in [-0.3, -0.25) is 13.1 Å². The van der Waals surface area contributed by atoms with Crippen LogP contribution in [0.15, 0.2) is 24.3 Å². The molecule has 2 N–H and O–H groups in total. The number of anilines is 1. The lowest BCUT2D eigenvalue weighted by atomic mass is 9.94. The van der Waals surface area contributed by atoms with Crippen molar-refractivity contribution in [3.05, 3.63) is 29.3 Å². The Morgan fingerprint density at radius 1 is 1.14 bits per heavy atom. The zero-order chi connectivity index (χ0) is 15.6. The second kappa shape index (κ2) is 6.43. The lowest BCUT2D eigenvalue weighted by Crippen LogP contribution is -2.33. The molecule has 1 saturated carbocycles. The van der Waals surface area contributed by atoms with Crippen molar-refractivity contribution in [3.63, 3.8) is 0 Å². The van der Waals surface area contributed by atoms with E-state index in [4.69, 9.17) is 11.6 Å². The third kappa shape index (κ3) is 4.03. The highest BCUT2D eigenvalue weighted by atomic mass is 127. The minimum absolute atomic E-state index is 0.452. The van der Waals surface area contributed by atoms with Gasteiger partial charge in [0, 0.05) is 23.6 Å². The summed E-state index contributed by atoms with van der Waals surface area (Å²) in [4.78, 5) is 23.8. The van der Waals surface area contributed by atoms with Gasteiger partial charge in [-0.1, -0.05) is 11.6 Å². The van der Waals surface area contributed by atoms with E-state index >= 15 is 0 Å². The fourth-order valence-corrected chi connectivity index (χ4v) is 2.93. The molecule has 1 aromatic carbocycles. The van der Waals surface area contributed by atoms with Crippen LogP contribution >= 0.6 is 34.5 Å². The minimum Gasteiger partial charge on any atom is -0.326 e. The van der Waals surface area contributed by atoms with Crippen LogP contribution in [0.5, 0.6) is 0 Å². The monoisotopic (exact) mass is 428 g/mol. The quantitative estimate of drug-likeness (QED) is 0.573. The second-order valence-corrected chi connectivity index (χ2v) is 5.91. The van der Waals surface area contributed by atoms with Crippen LogP contribution in [0.4, 0.5) is 14.5 Å². The predicted molar refractivity (Wildman–Crippen MR) is 83.4 cm³/mol. The Balaban J connectivity index is 2.12. The van der Waals surface area contributed by atoms with Gasteiger partial charge in [0.25, 0.3) is 0 Å². The normalized spacial score (nSPS) is 23.6. The van der Waals surface area contributed by atoms with Gasteiger partial charge in [0.05, 0.1) is 34.7 Å². The second-order valence-electron chi connectivity index (χ2n) is 4.93. The molecular weight excluding hydrogens is 417 g/mol. The number of benzene rings is 1. The van der Waals surface area contributed by atoms with Crippen molar-refractivity contribution in [1.82, 2.24) is 3.53 Å². The molecule has 0 radical (unpaired) electrons. The van der Waals surface area contributed by atoms with Gasteiger partial charge in [-0.2, -0.15) is 0 Å². The van der Waals surface area contributed by atoms with Crippen molar-refractivity contribution in [1.29, 1.82) is 0 Å². The minimum atomic E-state index is -3.00. The van der Waals surface area contributed by atoms with E-state index in [0.29, 0.717) is 10.7 Å². The Kier molecular flexibility index (Phi) is 5.03. The highest BCUT2D eigenvalue weighted by Gasteiger charge is 2.52. The molecule has 2 amide bonds. The number of carbonyl (C=O) groups is 2. The van der Waals surface area contributed by atoms with Gasteiger partial charge in [-0.05, 0) is 24.3 Å². The van der Waals surface area contributed by atoms with Crippen LogP contribution in [-0.4, -0.2) is 17.7 Å². The molecule has 21 heavy (non-hydrogen) atoms. The van der Waals surface area contributed by atoms with Crippen molar-refractivity contribution in [2.45, 2.75) is 18.8 Å². The molecule has 0 aromatic heterocycles. The van der Waals surface area contributed by atoms with Crippen LogP contribution in [-0.2, 0) is 9.59 Å². The molecule has 0 bridgehead atoms. The number of amides is 2. The number of halogens is 4. The molecule has 0 spiro atoms. The molecule has 1 aliphatic rings. The molecule has 0 unspecified atom stereocenters. The molecule has 0 heterocycles. The predicted octanol–water partition coefficient (Wildman–Crippen LogP) is 3.41. The van der Waals surface area contributed by atoms with E-state index in [1.807, 2.05) is 0 Å². The van der Waals surface area contributed by atoms with Crippen molar-refractivity contribution >= 4 is 52.0 Å². The SMILES string of the molecule is O=C(NI)[C@H]1CC(F)(F)C[C@@H]1C(=O)Nc1ccc(Cl)cc1. The van der Waals surface area contributed by atoms with Gasteiger partial charge in [-0.25, -0.2) is 8.78 Å². The maximum Gasteiger partial charge on any atom is 0.249 e. The average molecular weight is 429 g/mol. The summed E-state index contributed by atoms with van der Waals surface area (Å²) in [6.07, 6.45) is -1.23. The van der Waals surface area contributed by atoms with Crippen LogP contribution in [0.25, 0.3) is 0 Å². The molecule has 0 aliphatic heterocycles. The van der Waals surface area contributed by atoms with E-state index in [0.717, 1.165) is 0 Å². The van der Waals surface area contributed by atoms with Gasteiger partial charge < -0.3 is 5.32 Å². The van der Waals surface area contributed by atoms with E-state index in [1.165, 1.54) is 0 Å². The number of alkyl halides is 2. The lowest BCUT2D eigenvalue weighted by Gasteiger charge is -2.16. The Bertz CT molecular complexity index is 554. The Morgan fingerprint density at radius 2 is 1.67 bits per heavy atom. The molecule has 1 aromatic rings.